The standard InChI is InChI=1S/C11H15NO3S/c1-7-9(3-4-15-7)12(2)8-5-10(11(13)14)16-6-8/h5-7,9H,3-4H2,1-2H3,(H,13,14). The molecule has 2 unspecified atom stereocenters. The van der Waals surface area contributed by atoms with Crippen LogP contribution in [0.15, 0.2) is 11.4 Å². The van der Waals surface area contributed by atoms with E-state index in [0.717, 1.165) is 18.7 Å². The molecule has 1 fully saturated rings. The number of carbonyl (C=O) groups is 1. The third-order valence-electron chi connectivity index (χ3n) is 3.04. The van der Waals surface area contributed by atoms with E-state index in [9.17, 15) is 4.79 Å². The van der Waals surface area contributed by atoms with Crippen LogP contribution in [-0.2, 0) is 4.74 Å². The maximum atomic E-state index is 10.8. The first-order valence-corrected chi connectivity index (χ1v) is 6.14. The molecule has 1 saturated heterocycles. The SMILES string of the molecule is CC1OCCC1N(C)c1csc(C(=O)O)c1. The van der Waals surface area contributed by atoms with Crippen LogP contribution in [0.2, 0.25) is 0 Å². The summed E-state index contributed by atoms with van der Waals surface area (Å²) in [6.07, 6.45) is 1.20. The summed E-state index contributed by atoms with van der Waals surface area (Å²) in [6, 6.07) is 2.06. The zero-order valence-corrected chi connectivity index (χ0v) is 10.2. The molecule has 1 aliphatic heterocycles. The van der Waals surface area contributed by atoms with Crippen molar-refractivity contribution in [3.63, 3.8) is 0 Å². The van der Waals surface area contributed by atoms with Crippen molar-refractivity contribution in [3.05, 3.63) is 16.3 Å². The molecule has 88 valence electrons. The van der Waals surface area contributed by atoms with Gasteiger partial charge in [0.1, 0.15) is 4.88 Å². The molecule has 0 amide bonds. The van der Waals surface area contributed by atoms with E-state index in [2.05, 4.69) is 11.8 Å². The highest BCUT2D eigenvalue weighted by Crippen LogP contribution is 2.28. The van der Waals surface area contributed by atoms with Gasteiger partial charge in [-0.15, -0.1) is 11.3 Å². The van der Waals surface area contributed by atoms with Crippen molar-refractivity contribution >= 4 is 23.0 Å². The van der Waals surface area contributed by atoms with Crippen LogP contribution in [0.3, 0.4) is 0 Å². The lowest BCUT2D eigenvalue weighted by Crippen LogP contribution is -2.36. The number of hydrogen-bond acceptors (Lipinski definition) is 4. The minimum absolute atomic E-state index is 0.207. The van der Waals surface area contributed by atoms with Crippen LogP contribution in [0.4, 0.5) is 5.69 Å². The predicted octanol–water partition coefficient (Wildman–Crippen LogP) is 2.06. The molecule has 1 N–H and O–H groups in total. The molecule has 16 heavy (non-hydrogen) atoms. The van der Waals surface area contributed by atoms with Crippen molar-refractivity contribution in [3.8, 4) is 0 Å². The van der Waals surface area contributed by atoms with E-state index in [1.807, 2.05) is 12.4 Å². The summed E-state index contributed by atoms with van der Waals surface area (Å²) < 4.78 is 5.51. The quantitative estimate of drug-likeness (QED) is 0.880. The highest BCUT2D eigenvalue weighted by atomic mass is 32.1. The third-order valence-corrected chi connectivity index (χ3v) is 3.94. The Morgan fingerprint density at radius 2 is 2.44 bits per heavy atom. The van der Waals surface area contributed by atoms with Gasteiger partial charge in [0.25, 0.3) is 0 Å². The first kappa shape index (κ1) is 11.4. The minimum atomic E-state index is -0.861. The molecular formula is C11H15NO3S. The lowest BCUT2D eigenvalue weighted by atomic mass is 10.1. The topological polar surface area (TPSA) is 49.8 Å². The Bertz CT molecular complexity index is 390. The zero-order chi connectivity index (χ0) is 11.7. The summed E-state index contributed by atoms with van der Waals surface area (Å²) in [4.78, 5) is 13.3. The number of nitrogens with zero attached hydrogens (tertiary/aromatic N) is 1. The number of ether oxygens (including phenoxy) is 1. The minimum Gasteiger partial charge on any atom is -0.477 e. The fourth-order valence-corrected chi connectivity index (χ4v) is 2.82. The van der Waals surface area contributed by atoms with Gasteiger partial charge in [0.15, 0.2) is 0 Å². The van der Waals surface area contributed by atoms with E-state index in [-0.39, 0.29) is 6.10 Å². The van der Waals surface area contributed by atoms with Crippen molar-refractivity contribution in [2.24, 2.45) is 0 Å². The van der Waals surface area contributed by atoms with Crippen LogP contribution in [0, 0.1) is 0 Å². The smallest absolute Gasteiger partial charge is 0.345 e. The lowest BCUT2D eigenvalue weighted by molar-refractivity contribution is 0.0702. The van der Waals surface area contributed by atoms with Gasteiger partial charge in [-0.2, -0.15) is 0 Å². The first-order chi connectivity index (χ1) is 7.59. The number of rotatable bonds is 3. The maximum Gasteiger partial charge on any atom is 0.345 e. The van der Waals surface area contributed by atoms with Gasteiger partial charge in [0.05, 0.1) is 12.1 Å². The summed E-state index contributed by atoms with van der Waals surface area (Å²) >= 11 is 1.26. The number of carboxylic acid groups (broad SMARTS) is 1. The first-order valence-electron chi connectivity index (χ1n) is 5.26. The number of carboxylic acids is 1. The van der Waals surface area contributed by atoms with Gasteiger partial charge in [-0.25, -0.2) is 4.79 Å². The van der Waals surface area contributed by atoms with Crippen molar-refractivity contribution in [2.75, 3.05) is 18.6 Å². The summed E-state index contributed by atoms with van der Waals surface area (Å²) in [5.74, 6) is -0.861. The van der Waals surface area contributed by atoms with E-state index >= 15 is 0 Å². The lowest BCUT2D eigenvalue weighted by Gasteiger charge is -2.27. The van der Waals surface area contributed by atoms with E-state index in [1.54, 1.807) is 6.07 Å². The van der Waals surface area contributed by atoms with Crippen LogP contribution in [-0.4, -0.2) is 36.9 Å². The molecule has 2 heterocycles. The molecule has 1 aliphatic rings. The summed E-state index contributed by atoms with van der Waals surface area (Å²) in [6.45, 7) is 2.84. The van der Waals surface area contributed by atoms with Gasteiger partial charge in [0.2, 0.25) is 0 Å². The Morgan fingerprint density at radius 3 is 2.94 bits per heavy atom. The second kappa shape index (κ2) is 4.43. The number of aromatic carboxylic acids is 1. The van der Waals surface area contributed by atoms with Gasteiger partial charge in [0, 0.05) is 24.7 Å². The van der Waals surface area contributed by atoms with Crippen molar-refractivity contribution < 1.29 is 14.6 Å². The highest BCUT2D eigenvalue weighted by Gasteiger charge is 2.28. The van der Waals surface area contributed by atoms with E-state index in [4.69, 9.17) is 9.84 Å². The van der Waals surface area contributed by atoms with Crippen LogP contribution in [0.25, 0.3) is 0 Å². The Morgan fingerprint density at radius 1 is 1.69 bits per heavy atom. The Labute approximate surface area is 98.4 Å². The average Bonchev–Trinajstić information content (AvgIpc) is 2.84. The molecule has 0 aliphatic carbocycles. The van der Waals surface area contributed by atoms with Crippen molar-refractivity contribution in [1.82, 2.24) is 0 Å². The number of likely N-dealkylation sites (N-methyl/N-ethyl adjacent to an activating group) is 1. The molecule has 5 heteroatoms. The second-order valence-electron chi connectivity index (χ2n) is 4.02. The normalized spacial score (nSPS) is 24.6. The zero-order valence-electron chi connectivity index (χ0n) is 9.34. The van der Waals surface area contributed by atoms with Gasteiger partial charge in [-0.3, -0.25) is 0 Å². The van der Waals surface area contributed by atoms with Crippen molar-refractivity contribution in [1.29, 1.82) is 0 Å². The van der Waals surface area contributed by atoms with Crippen LogP contribution < -0.4 is 4.90 Å². The molecule has 0 saturated carbocycles. The number of thiophene rings is 1. The van der Waals surface area contributed by atoms with E-state index in [1.165, 1.54) is 11.3 Å². The van der Waals surface area contributed by atoms with Gasteiger partial charge in [-0.05, 0) is 19.4 Å². The molecule has 0 spiro atoms. The molecule has 4 nitrogen and oxygen atoms in total. The molecule has 2 atom stereocenters. The average molecular weight is 241 g/mol. The highest BCUT2D eigenvalue weighted by molar-refractivity contribution is 7.12. The molecule has 0 bridgehead atoms. The monoisotopic (exact) mass is 241 g/mol. The Hall–Kier alpha value is -1.07. The third kappa shape index (κ3) is 2.05. The van der Waals surface area contributed by atoms with Crippen molar-refractivity contribution in [2.45, 2.75) is 25.5 Å². The molecule has 1 aromatic rings. The molecule has 1 aromatic heterocycles. The molecule has 0 radical (unpaired) electrons. The number of anilines is 1. The van der Waals surface area contributed by atoms with Crippen LogP contribution in [0.5, 0.6) is 0 Å². The molecule has 0 aromatic carbocycles. The summed E-state index contributed by atoms with van der Waals surface area (Å²) in [7, 11) is 1.99. The molecular weight excluding hydrogens is 226 g/mol. The fourth-order valence-electron chi connectivity index (χ4n) is 2.04. The van der Waals surface area contributed by atoms with E-state index in [0.29, 0.717) is 10.9 Å². The van der Waals surface area contributed by atoms with Crippen LogP contribution >= 0.6 is 11.3 Å². The Kier molecular flexibility index (Phi) is 3.16. The van der Waals surface area contributed by atoms with Gasteiger partial charge >= 0.3 is 5.97 Å². The fraction of sp³-hybridized carbons (Fsp3) is 0.545. The summed E-state index contributed by atoms with van der Waals surface area (Å²) in [5, 5.41) is 10.7. The maximum absolute atomic E-state index is 10.8. The van der Waals surface area contributed by atoms with Crippen LogP contribution in [0.1, 0.15) is 23.0 Å². The second-order valence-corrected chi connectivity index (χ2v) is 4.93. The summed E-state index contributed by atoms with van der Waals surface area (Å²) in [5.41, 5.74) is 0.963. The van der Waals surface area contributed by atoms with Gasteiger partial charge in [-0.1, -0.05) is 0 Å². The molecule has 2 rings (SSSR count). The predicted molar refractivity (Wildman–Crippen MR) is 63.5 cm³/mol. The van der Waals surface area contributed by atoms with Gasteiger partial charge < -0.3 is 14.7 Å². The number of hydrogen-bond donors (Lipinski definition) is 1. The Balaban J connectivity index is 2.13. The largest absolute Gasteiger partial charge is 0.477 e. The van der Waals surface area contributed by atoms with E-state index < -0.39 is 5.97 Å².